The van der Waals surface area contributed by atoms with Crippen LogP contribution in [0.25, 0.3) is 0 Å². The first-order chi connectivity index (χ1) is 7.61. The summed E-state index contributed by atoms with van der Waals surface area (Å²) in [5, 5.41) is 9.11. The monoisotopic (exact) mass is 263 g/mol. The Morgan fingerprint density at radius 3 is 3.19 bits per heavy atom. The lowest BCUT2D eigenvalue weighted by molar-refractivity contribution is -0.00627. The highest BCUT2D eigenvalue weighted by Crippen LogP contribution is 2.31. The van der Waals surface area contributed by atoms with Gasteiger partial charge in [0, 0.05) is 11.9 Å². The maximum Gasteiger partial charge on any atom is 0.351 e. The van der Waals surface area contributed by atoms with Gasteiger partial charge in [-0.05, 0) is 0 Å². The number of aromatic nitrogens is 2. The molecular weight excluding hydrogens is 254 g/mol. The van der Waals surface area contributed by atoms with Gasteiger partial charge in [0.25, 0.3) is 0 Å². The molecule has 1 aliphatic heterocycles. The molecule has 3 N–H and O–H groups in total. The van der Waals surface area contributed by atoms with Crippen molar-refractivity contribution in [3.63, 3.8) is 0 Å². The molecule has 2 heterocycles. The molecule has 1 aromatic rings. The van der Waals surface area contributed by atoms with Crippen LogP contribution in [-0.4, -0.2) is 32.5 Å². The molecule has 0 aromatic carbocycles. The van der Waals surface area contributed by atoms with E-state index in [0.29, 0.717) is 5.75 Å². The number of aliphatic hydroxyl groups excluding tert-OH is 1. The number of nitrogen functional groups attached to an aromatic ring is 1. The number of nitrogens with zero attached hydrogens (tertiary/aromatic N) is 2. The third-order valence-corrected chi connectivity index (χ3v) is 3.53. The summed E-state index contributed by atoms with van der Waals surface area (Å²) in [5.74, 6) is 0.569. The van der Waals surface area contributed by atoms with E-state index in [-0.39, 0.29) is 22.9 Å². The van der Waals surface area contributed by atoms with Crippen LogP contribution in [-0.2, 0) is 4.74 Å². The average Bonchev–Trinajstić information content (AvgIpc) is 2.71. The van der Waals surface area contributed by atoms with Gasteiger partial charge in [0.1, 0.15) is 17.5 Å². The zero-order valence-corrected chi connectivity index (χ0v) is 9.74. The quantitative estimate of drug-likeness (QED) is 0.784. The standard InChI is InChI=1S/C8H10ClN3O3S/c9-4-1-12(8(14)11-7(4)10)5-3-16-6(2-13)15-5/h1,5-6,13H,2-3H2,(H2,10,11,14)/t5-,6-/m0/s1. The third-order valence-electron chi connectivity index (χ3n) is 2.13. The third kappa shape index (κ3) is 2.17. The summed E-state index contributed by atoms with van der Waals surface area (Å²) in [7, 11) is 0. The summed E-state index contributed by atoms with van der Waals surface area (Å²) in [6, 6.07) is 0. The predicted molar refractivity (Wildman–Crippen MR) is 61.4 cm³/mol. The van der Waals surface area contributed by atoms with Crippen molar-refractivity contribution in [2.45, 2.75) is 11.7 Å². The fraction of sp³-hybridized carbons (Fsp3) is 0.500. The highest BCUT2D eigenvalue weighted by atomic mass is 35.5. The molecule has 6 nitrogen and oxygen atoms in total. The Hall–Kier alpha value is -0.760. The topological polar surface area (TPSA) is 90.4 Å². The lowest BCUT2D eigenvalue weighted by Gasteiger charge is -2.13. The van der Waals surface area contributed by atoms with Gasteiger partial charge in [-0.15, -0.1) is 11.8 Å². The van der Waals surface area contributed by atoms with E-state index in [9.17, 15) is 4.79 Å². The fourth-order valence-corrected chi connectivity index (χ4v) is 2.43. The highest BCUT2D eigenvalue weighted by Gasteiger charge is 2.27. The zero-order chi connectivity index (χ0) is 11.7. The van der Waals surface area contributed by atoms with Gasteiger partial charge in [0.05, 0.1) is 11.6 Å². The molecule has 8 heteroatoms. The van der Waals surface area contributed by atoms with Crippen LogP contribution in [0.1, 0.15) is 6.23 Å². The van der Waals surface area contributed by atoms with E-state index in [2.05, 4.69) is 4.98 Å². The first kappa shape index (κ1) is 11.7. The van der Waals surface area contributed by atoms with Gasteiger partial charge in [0.2, 0.25) is 0 Å². The van der Waals surface area contributed by atoms with Gasteiger partial charge in [0.15, 0.2) is 0 Å². The van der Waals surface area contributed by atoms with Crippen LogP contribution < -0.4 is 11.4 Å². The number of aliphatic hydroxyl groups is 1. The van der Waals surface area contributed by atoms with E-state index in [1.54, 1.807) is 0 Å². The Labute approximate surface area is 100 Å². The zero-order valence-electron chi connectivity index (χ0n) is 8.17. The Kier molecular flexibility index (Phi) is 3.38. The van der Waals surface area contributed by atoms with Gasteiger partial charge in [-0.3, -0.25) is 4.57 Å². The second-order valence-corrected chi connectivity index (χ2v) is 4.80. The molecule has 1 aliphatic rings. The second-order valence-electron chi connectivity index (χ2n) is 3.20. The molecule has 1 aromatic heterocycles. The molecule has 16 heavy (non-hydrogen) atoms. The van der Waals surface area contributed by atoms with Crippen LogP contribution in [0.15, 0.2) is 11.0 Å². The van der Waals surface area contributed by atoms with E-state index in [1.807, 2.05) is 0 Å². The van der Waals surface area contributed by atoms with Crippen LogP contribution in [0.5, 0.6) is 0 Å². The van der Waals surface area contributed by atoms with Gasteiger partial charge < -0.3 is 15.6 Å². The van der Waals surface area contributed by atoms with Crippen molar-refractivity contribution in [1.82, 2.24) is 9.55 Å². The molecule has 88 valence electrons. The number of hydrogen-bond acceptors (Lipinski definition) is 6. The molecule has 0 bridgehead atoms. The number of thioether (sulfide) groups is 1. The van der Waals surface area contributed by atoms with Crippen molar-refractivity contribution < 1.29 is 9.84 Å². The number of halogens is 1. The largest absolute Gasteiger partial charge is 0.393 e. The van der Waals surface area contributed by atoms with Gasteiger partial charge in [-0.2, -0.15) is 4.98 Å². The van der Waals surface area contributed by atoms with Crippen LogP contribution >= 0.6 is 23.4 Å². The normalized spacial score (nSPS) is 24.9. The van der Waals surface area contributed by atoms with Crippen molar-refractivity contribution in [2.24, 2.45) is 0 Å². The van der Waals surface area contributed by atoms with Crippen LogP contribution in [0.2, 0.25) is 5.02 Å². The fourth-order valence-electron chi connectivity index (χ4n) is 1.35. The minimum atomic E-state index is -0.508. The van der Waals surface area contributed by atoms with E-state index < -0.39 is 11.9 Å². The second kappa shape index (κ2) is 4.62. The summed E-state index contributed by atoms with van der Waals surface area (Å²) >= 11 is 7.21. The smallest absolute Gasteiger partial charge is 0.351 e. The maximum atomic E-state index is 11.5. The van der Waals surface area contributed by atoms with Crippen molar-refractivity contribution in [3.05, 3.63) is 21.7 Å². The average molecular weight is 264 g/mol. The highest BCUT2D eigenvalue weighted by molar-refractivity contribution is 8.00. The number of ether oxygens (including phenoxy) is 1. The van der Waals surface area contributed by atoms with E-state index in [0.717, 1.165) is 0 Å². The summed E-state index contributed by atoms with van der Waals surface area (Å²) < 4.78 is 6.69. The van der Waals surface area contributed by atoms with Crippen molar-refractivity contribution in [2.75, 3.05) is 18.1 Å². The molecule has 2 atom stereocenters. The Bertz CT molecular complexity index is 453. The minimum absolute atomic E-state index is 0.00674. The van der Waals surface area contributed by atoms with Gasteiger partial charge in [-0.25, -0.2) is 4.79 Å². The molecule has 0 amide bonds. The summed E-state index contributed by atoms with van der Waals surface area (Å²) in [5.41, 5.74) is 4.58. The maximum absolute atomic E-state index is 11.5. The lowest BCUT2D eigenvalue weighted by Crippen LogP contribution is -2.29. The minimum Gasteiger partial charge on any atom is -0.393 e. The van der Waals surface area contributed by atoms with Crippen LogP contribution in [0.3, 0.4) is 0 Å². The number of anilines is 1. The van der Waals surface area contributed by atoms with Crippen molar-refractivity contribution >= 4 is 29.2 Å². The number of rotatable bonds is 2. The Morgan fingerprint density at radius 2 is 2.56 bits per heavy atom. The molecule has 2 rings (SSSR count). The first-order valence-corrected chi connectivity index (χ1v) is 5.96. The van der Waals surface area contributed by atoms with Crippen LogP contribution in [0, 0.1) is 0 Å². The Balaban J connectivity index is 2.28. The number of hydrogen-bond donors (Lipinski definition) is 2. The first-order valence-electron chi connectivity index (χ1n) is 4.54. The Morgan fingerprint density at radius 1 is 1.81 bits per heavy atom. The lowest BCUT2D eigenvalue weighted by atomic mass is 10.5. The van der Waals surface area contributed by atoms with E-state index >= 15 is 0 Å². The summed E-state index contributed by atoms with van der Waals surface area (Å²) in [6.45, 7) is -0.0912. The van der Waals surface area contributed by atoms with Crippen LogP contribution in [0.4, 0.5) is 5.82 Å². The predicted octanol–water partition coefficient (Wildman–Crippen LogP) is 0.0593. The van der Waals surface area contributed by atoms with Crippen molar-refractivity contribution in [1.29, 1.82) is 0 Å². The summed E-state index contributed by atoms with van der Waals surface area (Å²) in [6.07, 6.45) is 0.942. The molecule has 1 saturated heterocycles. The van der Waals surface area contributed by atoms with Gasteiger partial charge >= 0.3 is 5.69 Å². The molecule has 0 spiro atoms. The van der Waals surface area contributed by atoms with Gasteiger partial charge in [-0.1, -0.05) is 11.6 Å². The molecule has 0 saturated carbocycles. The van der Waals surface area contributed by atoms with Crippen molar-refractivity contribution in [3.8, 4) is 0 Å². The molecule has 0 unspecified atom stereocenters. The molecule has 0 radical (unpaired) electrons. The molecule has 0 aliphatic carbocycles. The molecule has 1 fully saturated rings. The number of nitrogens with two attached hydrogens (primary N) is 1. The van der Waals surface area contributed by atoms with E-state index in [1.165, 1.54) is 22.5 Å². The summed E-state index contributed by atoms with van der Waals surface area (Å²) in [4.78, 5) is 15.1. The molecular formula is C8H10ClN3O3S. The SMILES string of the molecule is Nc1nc(=O)n([C@@H]2CS[C@@H](CO)O2)cc1Cl. The van der Waals surface area contributed by atoms with E-state index in [4.69, 9.17) is 27.2 Å².